The molecule has 1 heterocycles. The molecule has 8 aromatic rings. The van der Waals surface area contributed by atoms with Crippen LogP contribution >= 0.6 is 11.3 Å². The van der Waals surface area contributed by atoms with Crippen molar-refractivity contribution in [3.8, 4) is 22.3 Å². The number of hydrogen-bond acceptors (Lipinski definition) is 3. The molecular weight excluding hydrogens is 603 g/mol. The summed E-state index contributed by atoms with van der Waals surface area (Å²) in [5, 5.41) is 10.8. The lowest BCUT2D eigenvalue weighted by Crippen LogP contribution is -2.13. The summed E-state index contributed by atoms with van der Waals surface area (Å²) in [6, 6.07) is 57.4. The summed E-state index contributed by atoms with van der Waals surface area (Å²) in [6.07, 6.45) is 0. The average Bonchev–Trinajstić information content (AvgIpc) is 3.53. The number of rotatable bonds is 5. The van der Waals surface area contributed by atoms with E-state index in [1.807, 2.05) is 41.7 Å². The maximum atomic E-state index is 6.26. The van der Waals surface area contributed by atoms with Gasteiger partial charge in [0.2, 0.25) is 0 Å². The number of amidine groups is 1. The van der Waals surface area contributed by atoms with E-state index in [4.69, 9.17) is 11.1 Å². The molecule has 7 aromatic carbocycles. The van der Waals surface area contributed by atoms with Crippen molar-refractivity contribution in [2.24, 2.45) is 10.7 Å². The van der Waals surface area contributed by atoms with Crippen LogP contribution in [0.1, 0.15) is 16.7 Å². The zero-order valence-corrected chi connectivity index (χ0v) is 27.8. The van der Waals surface area contributed by atoms with Gasteiger partial charge in [-0.3, -0.25) is 4.99 Å². The fraction of sp³-hybridized carbons (Fsp3) is 0.0455. The Hall–Kier alpha value is -5.84. The van der Waals surface area contributed by atoms with Crippen LogP contribution < -0.4 is 5.73 Å². The van der Waals surface area contributed by atoms with E-state index in [9.17, 15) is 0 Å². The minimum absolute atomic E-state index is 0.559. The summed E-state index contributed by atoms with van der Waals surface area (Å²) < 4.78 is 2.78. The van der Waals surface area contributed by atoms with Gasteiger partial charge in [-0.1, -0.05) is 146 Å². The minimum Gasteiger partial charge on any atom is -0.383 e. The molecule has 3 N–H and O–H groups in total. The van der Waals surface area contributed by atoms with Crippen molar-refractivity contribution in [3.05, 3.63) is 180 Å². The molecule has 48 heavy (non-hydrogen) atoms. The molecule has 0 spiro atoms. The molecule has 0 atom stereocenters. The Bertz CT molecular complexity index is 2300. The zero-order chi connectivity index (χ0) is 33.3. The van der Waals surface area contributed by atoms with Gasteiger partial charge < -0.3 is 11.1 Å². The first-order valence-corrected chi connectivity index (χ1v) is 16.7. The van der Waals surface area contributed by atoms with E-state index < -0.39 is 0 Å². The first-order chi connectivity index (χ1) is 23.6. The lowest BCUT2D eigenvalue weighted by Gasteiger charge is -2.07. The molecule has 0 fully saturated rings. The summed E-state index contributed by atoms with van der Waals surface area (Å²) >= 11 is 1.88. The molecule has 0 aliphatic heterocycles. The van der Waals surface area contributed by atoms with Gasteiger partial charge in [-0.15, -0.1) is 11.3 Å². The van der Waals surface area contributed by atoms with Gasteiger partial charge in [0.1, 0.15) is 5.84 Å². The second-order valence-electron chi connectivity index (χ2n) is 11.5. The number of benzene rings is 7. The summed E-state index contributed by atoms with van der Waals surface area (Å²) in [5.41, 5.74) is 14.5. The van der Waals surface area contributed by atoms with Crippen LogP contribution in [0.2, 0.25) is 0 Å². The van der Waals surface area contributed by atoms with Gasteiger partial charge in [0.15, 0.2) is 0 Å². The molecule has 0 saturated heterocycles. The van der Waals surface area contributed by atoms with E-state index in [0.717, 1.165) is 11.1 Å². The number of thiophene rings is 1. The number of hydrogen-bond donors (Lipinski definition) is 2. The second-order valence-corrected chi connectivity index (χ2v) is 12.6. The molecule has 0 unspecified atom stereocenters. The maximum Gasteiger partial charge on any atom is 0.125 e. The highest BCUT2D eigenvalue weighted by Crippen LogP contribution is 2.34. The van der Waals surface area contributed by atoms with Gasteiger partial charge in [0.25, 0.3) is 0 Å². The summed E-state index contributed by atoms with van der Waals surface area (Å²) in [6.45, 7) is 5.20. The number of nitrogens with zero attached hydrogens (tertiary/aromatic N) is 1. The highest BCUT2D eigenvalue weighted by Gasteiger charge is 2.04. The zero-order valence-electron chi connectivity index (χ0n) is 26.9. The van der Waals surface area contributed by atoms with Crippen LogP contribution in [0.5, 0.6) is 0 Å². The van der Waals surface area contributed by atoms with Crippen LogP contribution in [-0.2, 0) is 6.54 Å². The number of aliphatic imine (C=N–C) groups is 1. The Morgan fingerprint density at radius 3 is 1.92 bits per heavy atom. The van der Waals surface area contributed by atoms with Crippen LogP contribution in [0.25, 0.3) is 53.2 Å². The van der Waals surface area contributed by atoms with Crippen LogP contribution in [-0.4, -0.2) is 12.6 Å². The predicted molar refractivity (Wildman–Crippen MR) is 210 cm³/mol. The van der Waals surface area contributed by atoms with E-state index in [1.54, 1.807) is 0 Å². The quantitative estimate of drug-likeness (QED) is 0.143. The molecule has 3 nitrogen and oxygen atoms in total. The Morgan fingerprint density at radius 1 is 0.562 bits per heavy atom. The molecule has 0 radical (unpaired) electrons. The van der Waals surface area contributed by atoms with Gasteiger partial charge >= 0.3 is 0 Å². The Morgan fingerprint density at radius 2 is 1.15 bits per heavy atom. The van der Waals surface area contributed by atoms with Crippen LogP contribution in [0, 0.1) is 12.3 Å². The summed E-state index contributed by atoms with van der Waals surface area (Å²) in [7, 11) is 0. The third-order valence-corrected chi connectivity index (χ3v) is 9.42. The maximum absolute atomic E-state index is 6.26. The van der Waals surface area contributed by atoms with Gasteiger partial charge in [-0.2, -0.15) is 0 Å². The van der Waals surface area contributed by atoms with Crippen LogP contribution in [0.4, 0.5) is 0 Å². The molecule has 234 valence electrons. The Kier molecular flexibility index (Phi) is 10.1. The topological polar surface area (TPSA) is 62.2 Å². The molecule has 1 aromatic heterocycles. The lowest BCUT2D eigenvalue weighted by molar-refractivity contribution is 1.06. The van der Waals surface area contributed by atoms with E-state index >= 15 is 0 Å². The monoisotopic (exact) mass is 639 g/mol. The number of nitrogens with two attached hydrogens (primary N) is 1. The number of fused-ring (bicyclic) bond motifs is 4. The summed E-state index contributed by atoms with van der Waals surface area (Å²) in [4.78, 5) is 4.60. The van der Waals surface area contributed by atoms with E-state index in [2.05, 4.69) is 152 Å². The van der Waals surface area contributed by atoms with Gasteiger partial charge in [-0.05, 0) is 76.0 Å². The molecule has 0 amide bonds. The molecule has 4 heteroatoms. The van der Waals surface area contributed by atoms with Crippen molar-refractivity contribution in [1.82, 2.24) is 0 Å². The van der Waals surface area contributed by atoms with Gasteiger partial charge in [-0.25, -0.2) is 0 Å². The van der Waals surface area contributed by atoms with E-state index in [1.165, 1.54) is 58.8 Å². The highest BCUT2D eigenvalue weighted by atomic mass is 32.1. The van der Waals surface area contributed by atoms with Crippen molar-refractivity contribution in [2.75, 3.05) is 0 Å². The highest BCUT2D eigenvalue weighted by molar-refractivity contribution is 7.25. The fourth-order valence-electron chi connectivity index (χ4n) is 5.74. The largest absolute Gasteiger partial charge is 0.383 e. The predicted octanol–water partition coefficient (Wildman–Crippen LogP) is 11.7. The molecule has 8 rings (SSSR count). The molecule has 0 bridgehead atoms. The molecule has 0 aliphatic rings. The molecule has 0 saturated carbocycles. The average molecular weight is 640 g/mol. The Labute approximate surface area is 286 Å². The molecule has 0 aliphatic carbocycles. The van der Waals surface area contributed by atoms with Crippen LogP contribution in [0.15, 0.2) is 169 Å². The SMILES string of the molecule is C=N.Cc1ccc2c(c1)sc1ccccc12.NC(=NCc1ccc(-c2ccc3ccccc3c2)cc1)c1ccc(-c2ccccc2)cc1. The van der Waals surface area contributed by atoms with Crippen molar-refractivity contribution in [1.29, 1.82) is 5.41 Å². The molecular formula is C44H37N3S. The Balaban J connectivity index is 0.000000208. The van der Waals surface area contributed by atoms with Crippen molar-refractivity contribution in [3.63, 3.8) is 0 Å². The fourth-order valence-corrected chi connectivity index (χ4v) is 6.94. The number of aryl methyl sites for hydroxylation is 1. The van der Waals surface area contributed by atoms with Crippen molar-refractivity contribution in [2.45, 2.75) is 13.5 Å². The van der Waals surface area contributed by atoms with Gasteiger partial charge in [0.05, 0.1) is 6.54 Å². The van der Waals surface area contributed by atoms with E-state index in [-0.39, 0.29) is 0 Å². The third kappa shape index (κ3) is 7.41. The number of nitrogens with one attached hydrogen (secondary N) is 1. The van der Waals surface area contributed by atoms with Crippen LogP contribution in [0.3, 0.4) is 0 Å². The van der Waals surface area contributed by atoms with Gasteiger partial charge in [0, 0.05) is 25.7 Å². The summed E-state index contributed by atoms with van der Waals surface area (Å²) in [5.74, 6) is 0.559. The second kappa shape index (κ2) is 15.2. The third-order valence-electron chi connectivity index (χ3n) is 8.29. The smallest absolute Gasteiger partial charge is 0.125 e. The van der Waals surface area contributed by atoms with Crippen molar-refractivity contribution >= 4 is 54.8 Å². The lowest BCUT2D eigenvalue weighted by atomic mass is 10.0. The first-order valence-electron chi connectivity index (χ1n) is 15.9. The standard InChI is InChI=1S/C30H24N2.C13H10S.CH3N/c31-30(27-17-14-25(15-18-27)23-6-2-1-3-7-23)32-21-22-10-12-26(13-11-22)29-19-16-24-8-4-5-9-28(24)20-29;1-9-6-7-11-10-4-2-3-5-12(10)14-13(11)8-9;1-2/h1-20H,21H2,(H2,31,32);2-8H,1H3;2H,1H2. The first kappa shape index (κ1) is 32.1. The van der Waals surface area contributed by atoms with E-state index in [0.29, 0.717) is 12.4 Å². The minimum atomic E-state index is 0.559. The normalized spacial score (nSPS) is 11.1. The van der Waals surface area contributed by atoms with Crippen molar-refractivity contribution < 1.29 is 0 Å².